The molecule has 0 aliphatic carbocycles. The number of piperazine rings is 1. The third kappa shape index (κ3) is 2.74. The quantitative estimate of drug-likeness (QED) is 0.690. The molecule has 16 heavy (non-hydrogen) atoms. The van der Waals surface area contributed by atoms with Crippen molar-refractivity contribution in [2.45, 2.75) is 25.8 Å². The van der Waals surface area contributed by atoms with Gasteiger partial charge in [0.05, 0.1) is 0 Å². The second kappa shape index (κ2) is 5.15. The maximum atomic E-state index is 12.3. The largest absolute Gasteiger partial charge is 0.340 e. The van der Waals surface area contributed by atoms with Gasteiger partial charge in [-0.3, -0.25) is 4.79 Å². The van der Waals surface area contributed by atoms with Crippen molar-refractivity contribution >= 4 is 5.91 Å². The van der Waals surface area contributed by atoms with Gasteiger partial charge in [-0.05, 0) is 39.9 Å². The van der Waals surface area contributed by atoms with Crippen LogP contribution in [0.15, 0.2) is 0 Å². The van der Waals surface area contributed by atoms with E-state index in [1.165, 1.54) is 0 Å². The molecule has 2 heterocycles. The highest BCUT2D eigenvalue weighted by molar-refractivity contribution is 5.79. The lowest BCUT2D eigenvalue weighted by Gasteiger charge is -2.36. The first-order valence-corrected chi connectivity index (χ1v) is 6.37. The minimum Gasteiger partial charge on any atom is -0.340 e. The zero-order valence-corrected chi connectivity index (χ0v) is 10.4. The van der Waals surface area contributed by atoms with Gasteiger partial charge in [-0.2, -0.15) is 0 Å². The maximum absolute atomic E-state index is 12.3. The summed E-state index contributed by atoms with van der Waals surface area (Å²) < 4.78 is 0. The lowest BCUT2D eigenvalue weighted by molar-refractivity contribution is -0.138. The molecule has 0 aromatic carbocycles. The van der Waals surface area contributed by atoms with Crippen LogP contribution in [-0.2, 0) is 4.79 Å². The summed E-state index contributed by atoms with van der Waals surface area (Å²) in [6, 6.07) is 0.448. The molecule has 0 aromatic heterocycles. The summed E-state index contributed by atoms with van der Waals surface area (Å²) in [6.07, 6.45) is 2.07. The minimum atomic E-state index is 0.279. The van der Waals surface area contributed by atoms with E-state index in [0.29, 0.717) is 11.9 Å². The molecule has 92 valence electrons. The van der Waals surface area contributed by atoms with E-state index >= 15 is 0 Å². The molecule has 2 aliphatic heterocycles. The Kier molecular flexibility index (Phi) is 3.82. The summed E-state index contributed by atoms with van der Waals surface area (Å²) in [5.41, 5.74) is 0. The smallest absolute Gasteiger partial charge is 0.225 e. The van der Waals surface area contributed by atoms with Gasteiger partial charge in [0, 0.05) is 31.6 Å². The van der Waals surface area contributed by atoms with Crippen molar-refractivity contribution in [2.75, 3.05) is 39.8 Å². The number of amides is 1. The maximum Gasteiger partial charge on any atom is 0.225 e. The second-order valence-corrected chi connectivity index (χ2v) is 5.22. The Hall–Kier alpha value is -0.610. The molecular weight excluding hydrogens is 202 g/mol. The highest BCUT2D eigenvalue weighted by atomic mass is 16.2. The molecule has 0 spiro atoms. The van der Waals surface area contributed by atoms with Crippen molar-refractivity contribution in [1.29, 1.82) is 0 Å². The van der Waals surface area contributed by atoms with Gasteiger partial charge < -0.3 is 15.1 Å². The molecule has 4 nitrogen and oxygen atoms in total. The van der Waals surface area contributed by atoms with E-state index in [9.17, 15) is 4.79 Å². The van der Waals surface area contributed by atoms with E-state index in [1.807, 2.05) is 0 Å². The first-order chi connectivity index (χ1) is 7.66. The summed E-state index contributed by atoms with van der Waals surface area (Å²) in [7, 11) is 2.13. The van der Waals surface area contributed by atoms with E-state index in [4.69, 9.17) is 0 Å². The first-order valence-electron chi connectivity index (χ1n) is 6.37. The molecule has 4 heteroatoms. The fourth-order valence-electron chi connectivity index (χ4n) is 2.65. The molecule has 1 amide bonds. The van der Waals surface area contributed by atoms with Gasteiger partial charge >= 0.3 is 0 Å². The fourth-order valence-corrected chi connectivity index (χ4v) is 2.65. The Labute approximate surface area is 98.0 Å². The third-order valence-electron chi connectivity index (χ3n) is 3.75. The molecule has 1 atom stereocenters. The molecule has 2 fully saturated rings. The van der Waals surface area contributed by atoms with Gasteiger partial charge in [-0.15, -0.1) is 0 Å². The monoisotopic (exact) mass is 225 g/mol. The van der Waals surface area contributed by atoms with Crippen molar-refractivity contribution in [3.8, 4) is 0 Å². The van der Waals surface area contributed by atoms with Crippen molar-refractivity contribution in [3.63, 3.8) is 0 Å². The van der Waals surface area contributed by atoms with Gasteiger partial charge in [-0.1, -0.05) is 0 Å². The van der Waals surface area contributed by atoms with Crippen LogP contribution >= 0.6 is 0 Å². The lowest BCUT2D eigenvalue weighted by atomic mass is 9.95. The number of nitrogens with zero attached hydrogens (tertiary/aromatic N) is 2. The zero-order chi connectivity index (χ0) is 11.5. The molecule has 0 bridgehead atoms. The van der Waals surface area contributed by atoms with Crippen molar-refractivity contribution in [1.82, 2.24) is 15.1 Å². The van der Waals surface area contributed by atoms with Crippen LogP contribution in [0.4, 0.5) is 0 Å². The van der Waals surface area contributed by atoms with Crippen LogP contribution in [0.3, 0.4) is 0 Å². The Morgan fingerprint density at radius 2 is 1.94 bits per heavy atom. The lowest BCUT2D eigenvalue weighted by Crippen LogP contribution is -2.53. The number of nitrogens with one attached hydrogen (secondary N) is 1. The van der Waals surface area contributed by atoms with Gasteiger partial charge in [0.15, 0.2) is 0 Å². The van der Waals surface area contributed by atoms with Crippen LogP contribution in [0.2, 0.25) is 0 Å². The van der Waals surface area contributed by atoms with E-state index in [2.05, 4.69) is 29.1 Å². The number of carbonyl (C=O) groups is 1. The standard InChI is InChI=1S/C12H23N3O/c1-10-9-15(8-5-13-10)12(16)11-3-6-14(2)7-4-11/h10-11,13H,3-9H2,1-2H3. The van der Waals surface area contributed by atoms with E-state index in [0.717, 1.165) is 45.6 Å². The summed E-state index contributed by atoms with van der Waals surface area (Å²) in [6.45, 7) is 6.99. The molecule has 0 radical (unpaired) electrons. The molecular formula is C12H23N3O. The summed E-state index contributed by atoms with van der Waals surface area (Å²) in [5, 5.41) is 3.37. The average Bonchev–Trinajstić information content (AvgIpc) is 2.29. The number of hydrogen-bond donors (Lipinski definition) is 1. The summed E-state index contributed by atoms with van der Waals surface area (Å²) >= 11 is 0. The van der Waals surface area contributed by atoms with E-state index in [1.54, 1.807) is 0 Å². The zero-order valence-electron chi connectivity index (χ0n) is 10.4. The Morgan fingerprint density at radius 1 is 1.25 bits per heavy atom. The highest BCUT2D eigenvalue weighted by Gasteiger charge is 2.29. The van der Waals surface area contributed by atoms with Gasteiger partial charge in [0.25, 0.3) is 0 Å². The fraction of sp³-hybridized carbons (Fsp3) is 0.917. The molecule has 1 unspecified atom stereocenters. The SMILES string of the molecule is CC1CN(C(=O)C2CCN(C)CC2)CCN1. The molecule has 2 aliphatic rings. The number of likely N-dealkylation sites (tertiary alicyclic amines) is 1. The summed E-state index contributed by atoms with van der Waals surface area (Å²) in [5.74, 6) is 0.669. The van der Waals surface area contributed by atoms with Crippen molar-refractivity contribution in [3.05, 3.63) is 0 Å². The Balaban J connectivity index is 1.86. The van der Waals surface area contributed by atoms with Gasteiger partial charge in [0.2, 0.25) is 5.91 Å². The average molecular weight is 225 g/mol. The third-order valence-corrected chi connectivity index (χ3v) is 3.75. The van der Waals surface area contributed by atoms with Gasteiger partial charge in [0.1, 0.15) is 0 Å². The topological polar surface area (TPSA) is 35.6 Å². The van der Waals surface area contributed by atoms with E-state index in [-0.39, 0.29) is 5.92 Å². The number of piperidine rings is 1. The van der Waals surface area contributed by atoms with Crippen LogP contribution < -0.4 is 5.32 Å². The second-order valence-electron chi connectivity index (χ2n) is 5.22. The molecule has 2 saturated heterocycles. The van der Waals surface area contributed by atoms with Crippen LogP contribution in [0.1, 0.15) is 19.8 Å². The van der Waals surface area contributed by atoms with E-state index < -0.39 is 0 Å². The van der Waals surface area contributed by atoms with Crippen LogP contribution in [0.25, 0.3) is 0 Å². The molecule has 2 rings (SSSR count). The minimum absolute atomic E-state index is 0.279. The van der Waals surface area contributed by atoms with Crippen LogP contribution in [0, 0.1) is 5.92 Å². The highest BCUT2D eigenvalue weighted by Crippen LogP contribution is 2.19. The normalized spacial score (nSPS) is 29.4. The predicted molar refractivity (Wildman–Crippen MR) is 64.3 cm³/mol. The van der Waals surface area contributed by atoms with Crippen LogP contribution in [0.5, 0.6) is 0 Å². The number of hydrogen-bond acceptors (Lipinski definition) is 3. The Bertz CT molecular complexity index is 249. The Morgan fingerprint density at radius 3 is 2.56 bits per heavy atom. The first kappa shape index (κ1) is 11.9. The molecule has 0 saturated carbocycles. The van der Waals surface area contributed by atoms with Crippen molar-refractivity contribution < 1.29 is 4.79 Å². The summed E-state index contributed by atoms with van der Waals surface area (Å²) in [4.78, 5) is 16.6. The predicted octanol–water partition coefficient (Wildman–Crippen LogP) is 0.149. The van der Waals surface area contributed by atoms with Crippen molar-refractivity contribution in [2.24, 2.45) is 5.92 Å². The molecule has 0 aromatic rings. The number of rotatable bonds is 1. The number of carbonyl (C=O) groups excluding carboxylic acids is 1. The van der Waals surface area contributed by atoms with Crippen LogP contribution in [-0.4, -0.2) is 61.5 Å². The van der Waals surface area contributed by atoms with Gasteiger partial charge in [-0.25, -0.2) is 0 Å². The molecule has 1 N–H and O–H groups in total.